The minimum atomic E-state index is -0.554. The second kappa shape index (κ2) is 7.57. The van der Waals surface area contributed by atoms with E-state index in [0.29, 0.717) is 42.2 Å². The van der Waals surface area contributed by atoms with Crippen LogP contribution in [0.5, 0.6) is 0 Å². The summed E-state index contributed by atoms with van der Waals surface area (Å²) in [7, 11) is 3.91. The van der Waals surface area contributed by atoms with Crippen LogP contribution >= 0.6 is 11.6 Å². The molecule has 2 N–H and O–H groups in total. The highest BCUT2D eigenvalue weighted by Crippen LogP contribution is 2.29. The van der Waals surface area contributed by atoms with Crippen molar-refractivity contribution < 1.29 is 9.59 Å². The molecule has 2 fully saturated rings. The Kier molecular flexibility index (Phi) is 5.10. The SMILES string of the molecule is CN(C)c1cccc(C(=O)N2CCC3(CC2)NC(=O)N(c2cccc(Cl)c2)N3)c1. The Morgan fingerprint density at radius 1 is 1.10 bits per heavy atom. The summed E-state index contributed by atoms with van der Waals surface area (Å²) in [5.74, 6) is 0.0135. The Labute approximate surface area is 175 Å². The molecule has 1 spiro atoms. The first-order chi connectivity index (χ1) is 13.9. The molecule has 0 bridgehead atoms. The molecule has 0 atom stereocenters. The molecule has 2 aromatic rings. The number of hydrazine groups is 1. The van der Waals surface area contributed by atoms with Crippen molar-refractivity contribution in [1.82, 2.24) is 15.6 Å². The number of piperidine rings is 1. The molecule has 2 aromatic carbocycles. The van der Waals surface area contributed by atoms with Crippen molar-refractivity contribution in [1.29, 1.82) is 0 Å². The van der Waals surface area contributed by atoms with Crippen LogP contribution in [0, 0.1) is 0 Å². The monoisotopic (exact) mass is 413 g/mol. The standard InChI is InChI=1S/C21H24ClN5O2/c1-25(2)17-7-3-5-15(13-17)19(28)26-11-9-21(10-12-26)23-20(29)27(24-21)18-8-4-6-16(22)14-18/h3-8,13-14,24H,9-12H2,1-2H3,(H,23,29). The molecule has 2 aliphatic rings. The molecule has 2 saturated heterocycles. The summed E-state index contributed by atoms with van der Waals surface area (Å²) in [6.45, 7) is 1.11. The predicted octanol–water partition coefficient (Wildman–Crippen LogP) is 3.07. The minimum absolute atomic E-state index is 0.0135. The number of likely N-dealkylation sites (tertiary alicyclic amines) is 1. The largest absolute Gasteiger partial charge is 0.378 e. The summed E-state index contributed by atoms with van der Waals surface area (Å²) >= 11 is 6.06. The zero-order valence-electron chi connectivity index (χ0n) is 16.5. The summed E-state index contributed by atoms with van der Waals surface area (Å²) in [5, 5.41) is 5.11. The van der Waals surface area contributed by atoms with E-state index in [1.165, 1.54) is 5.01 Å². The summed E-state index contributed by atoms with van der Waals surface area (Å²) in [4.78, 5) is 29.3. The van der Waals surface area contributed by atoms with Crippen LogP contribution in [0.25, 0.3) is 0 Å². The molecule has 2 aliphatic heterocycles. The van der Waals surface area contributed by atoms with Crippen LogP contribution in [-0.4, -0.2) is 49.7 Å². The number of urea groups is 1. The van der Waals surface area contributed by atoms with Gasteiger partial charge in [-0.3, -0.25) is 4.79 Å². The summed E-state index contributed by atoms with van der Waals surface area (Å²) in [6.07, 6.45) is 1.24. The van der Waals surface area contributed by atoms with Crippen LogP contribution in [-0.2, 0) is 0 Å². The van der Waals surface area contributed by atoms with Gasteiger partial charge in [0.05, 0.1) is 5.69 Å². The number of benzene rings is 2. The predicted molar refractivity (Wildman–Crippen MR) is 114 cm³/mol. The molecule has 0 radical (unpaired) electrons. The van der Waals surface area contributed by atoms with E-state index in [0.717, 1.165) is 5.69 Å². The number of rotatable bonds is 3. The van der Waals surface area contributed by atoms with Gasteiger partial charge in [-0.25, -0.2) is 15.2 Å². The van der Waals surface area contributed by atoms with Crippen molar-refractivity contribution in [3.63, 3.8) is 0 Å². The van der Waals surface area contributed by atoms with Crippen molar-refractivity contribution in [3.8, 4) is 0 Å². The summed E-state index contributed by atoms with van der Waals surface area (Å²) < 4.78 is 0. The molecule has 0 aromatic heterocycles. The topological polar surface area (TPSA) is 67.9 Å². The normalized spacial score (nSPS) is 18.1. The molecule has 0 saturated carbocycles. The van der Waals surface area contributed by atoms with Crippen LogP contribution in [0.15, 0.2) is 48.5 Å². The highest BCUT2D eigenvalue weighted by Gasteiger charge is 2.45. The second-order valence-corrected chi connectivity index (χ2v) is 8.11. The van der Waals surface area contributed by atoms with Crippen LogP contribution in [0.3, 0.4) is 0 Å². The van der Waals surface area contributed by atoms with Crippen LogP contribution in [0.2, 0.25) is 5.02 Å². The van der Waals surface area contributed by atoms with Crippen molar-refractivity contribution in [3.05, 3.63) is 59.1 Å². The summed E-state index contributed by atoms with van der Waals surface area (Å²) in [5.41, 5.74) is 5.09. The van der Waals surface area contributed by atoms with Gasteiger partial charge in [-0.1, -0.05) is 23.7 Å². The average molecular weight is 414 g/mol. The Hall–Kier alpha value is -2.77. The maximum atomic E-state index is 12.9. The van der Waals surface area contributed by atoms with E-state index in [-0.39, 0.29) is 11.9 Å². The van der Waals surface area contributed by atoms with Gasteiger partial charge in [0.2, 0.25) is 0 Å². The maximum absolute atomic E-state index is 12.9. The number of carbonyl (C=O) groups excluding carboxylic acids is 2. The molecule has 3 amide bonds. The summed E-state index contributed by atoms with van der Waals surface area (Å²) in [6, 6.07) is 14.5. The Balaban J connectivity index is 1.43. The zero-order chi connectivity index (χ0) is 20.6. The fourth-order valence-corrected chi connectivity index (χ4v) is 3.96. The average Bonchev–Trinajstić information content (AvgIpc) is 3.04. The highest BCUT2D eigenvalue weighted by molar-refractivity contribution is 6.30. The third-order valence-corrected chi connectivity index (χ3v) is 5.69. The molecule has 29 heavy (non-hydrogen) atoms. The van der Waals surface area contributed by atoms with Gasteiger partial charge < -0.3 is 15.1 Å². The number of nitrogens with one attached hydrogen (secondary N) is 2. The van der Waals surface area contributed by atoms with Gasteiger partial charge in [0.1, 0.15) is 5.66 Å². The molecule has 7 nitrogen and oxygen atoms in total. The maximum Gasteiger partial charge on any atom is 0.338 e. The van der Waals surface area contributed by atoms with Gasteiger partial charge in [0, 0.05) is 56.3 Å². The lowest BCUT2D eigenvalue weighted by Gasteiger charge is -2.39. The lowest BCUT2D eigenvalue weighted by atomic mass is 9.97. The van der Waals surface area contributed by atoms with Gasteiger partial charge >= 0.3 is 6.03 Å². The Morgan fingerprint density at radius 3 is 2.52 bits per heavy atom. The lowest BCUT2D eigenvalue weighted by Crippen LogP contribution is -2.58. The Bertz CT molecular complexity index is 940. The molecular formula is C21H24ClN5O2. The zero-order valence-corrected chi connectivity index (χ0v) is 17.2. The van der Waals surface area contributed by atoms with Crippen molar-refractivity contribution in [2.24, 2.45) is 0 Å². The molecule has 0 unspecified atom stereocenters. The van der Waals surface area contributed by atoms with E-state index in [9.17, 15) is 9.59 Å². The van der Waals surface area contributed by atoms with Crippen molar-refractivity contribution in [2.75, 3.05) is 37.1 Å². The first-order valence-electron chi connectivity index (χ1n) is 9.59. The molecule has 4 rings (SSSR count). The van der Waals surface area contributed by atoms with Gasteiger partial charge in [-0.15, -0.1) is 0 Å². The first kappa shape index (κ1) is 19.5. The number of halogens is 1. The van der Waals surface area contributed by atoms with Gasteiger partial charge in [0.25, 0.3) is 5.91 Å². The fourth-order valence-electron chi connectivity index (χ4n) is 3.78. The quantitative estimate of drug-likeness (QED) is 0.811. The third-order valence-electron chi connectivity index (χ3n) is 5.46. The van der Waals surface area contributed by atoms with E-state index in [4.69, 9.17) is 11.6 Å². The van der Waals surface area contributed by atoms with E-state index in [1.807, 2.05) is 54.2 Å². The number of carbonyl (C=O) groups is 2. The molecule has 0 aliphatic carbocycles. The fraction of sp³-hybridized carbons (Fsp3) is 0.333. The van der Waals surface area contributed by atoms with Crippen LogP contribution in [0.1, 0.15) is 23.2 Å². The van der Waals surface area contributed by atoms with Crippen LogP contribution in [0.4, 0.5) is 16.2 Å². The van der Waals surface area contributed by atoms with Gasteiger partial charge in [0.15, 0.2) is 0 Å². The molecular weight excluding hydrogens is 390 g/mol. The third kappa shape index (κ3) is 3.88. The lowest BCUT2D eigenvalue weighted by molar-refractivity contribution is 0.0641. The first-order valence-corrected chi connectivity index (χ1v) is 9.97. The minimum Gasteiger partial charge on any atom is -0.378 e. The number of nitrogens with zero attached hydrogens (tertiary/aromatic N) is 3. The van der Waals surface area contributed by atoms with E-state index in [1.54, 1.807) is 18.2 Å². The van der Waals surface area contributed by atoms with E-state index >= 15 is 0 Å². The molecule has 2 heterocycles. The number of hydrogen-bond donors (Lipinski definition) is 2. The number of hydrogen-bond acceptors (Lipinski definition) is 4. The van der Waals surface area contributed by atoms with Gasteiger partial charge in [-0.05, 0) is 36.4 Å². The van der Waals surface area contributed by atoms with Crippen LogP contribution < -0.4 is 20.7 Å². The molecule has 152 valence electrons. The highest BCUT2D eigenvalue weighted by atomic mass is 35.5. The second-order valence-electron chi connectivity index (χ2n) is 7.68. The number of anilines is 2. The van der Waals surface area contributed by atoms with Crippen molar-refractivity contribution >= 4 is 34.9 Å². The number of amides is 3. The van der Waals surface area contributed by atoms with E-state index in [2.05, 4.69) is 10.7 Å². The van der Waals surface area contributed by atoms with Crippen molar-refractivity contribution in [2.45, 2.75) is 18.5 Å². The van der Waals surface area contributed by atoms with Gasteiger partial charge in [-0.2, -0.15) is 0 Å². The molecule has 8 heteroatoms. The van der Waals surface area contributed by atoms with E-state index < -0.39 is 5.66 Å². The Morgan fingerprint density at radius 2 is 1.83 bits per heavy atom. The smallest absolute Gasteiger partial charge is 0.338 e.